The molecule has 0 radical (unpaired) electrons. The van der Waals surface area contributed by atoms with E-state index < -0.39 is 5.60 Å². The molecule has 1 fully saturated rings. The number of ether oxygens (including phenoxy) is 1. The minimum Gasteiger partial charge on any atom is -0.491 e. The van der Waals surface area contributed by atoms with Gasteiger partial charge in [0, 0.05) is 25.3 Å². The Balaban J connectivity index is 1.85. The SMILES string of the molecule is CC(C)Oc1ccc(C=NCC[C@]2(O)C[C@H](C)N(C)C[C@H]2C)cc1. The number of rotatable bonds is 6. The van der Waals surface area contributed by atoms with Crippen LogP contribution in [0.5, 0.6) is 5.75 Å². The summed E-state index contributed by atoms with van der Waals surface area (Å²) in [6, 6.07) is 8.38. The van der Waals surface area contributed by atoms with Gasteiger partial charge >= 0.3 is 0 Å². The van der Waals surface area contributed by atoms with E-state index in [1.54, 1.807) is 0 Å². The summed E-state index contributed by atoms with van der Waals surface area (Å²) >= 11 is 0. The molecule has 0 aliphatic carbocycles. The molecule has 1 N–H and O–H groups in total. The molecule has 1 aliphatic heterocycles. The second kappa shape index (κ2) is 8.13. The van der Waals surface area contributed by atoms with E-state index in [0.29, 0.717) is 12.6 Å². The van der Waals surface area contributed by atoms with Crippen molar-refractivity contribution in [3.8, 4) is 5.75 Å². The number of piperidine rings is 1. The van der Waals surface area contributed by atoms with E-state index in [1.807, 2.05) is 44.3 Å². The van der Waals surface area contributed by atoms with Crippen molar-refractivity contribution in [1.29, 1.82) is 0 Å². The van der Waals surface area contributed by atoms with Gasteiger partial charge in [0.15, 0.2) is 0 Å². The summed E-state index contributed by atoms with van der Waals surface area (Å²) in [7, 11) is 2.13. The van der Waals surface area contributed by atoms with Crippen LogP contribution in [0.1, 0.15) is 46.1 Å². The van der Waals surface area contributed by atoms with Crippen LogP contribution in [0.15, 0.2) is 29.3 Å². The van der Waals surface area contributed by atoms with Crippen LogP contribution in [0.25, 0.3) is 0 Å². The van der Waals surface area contributed by atoms with E-state index >= 15 is 0 Å². The maximum atomic E-state index is 10.9. The summed E-state index contributed by atoms with van der Waals surface area (Å²) in [5.74, 6) is 1.16. The molecule has 0 unspecified atom stereocenters. The number of aliphatic hydroxyl groups is 1. The summed E-state index contributed by atoms with van der Waals surface area (Å²) in [6.07, 6.45) is 3.61. The van der Waals surface area contributed by atoms with Crippen molar-refractivity contribution in [2.75, 3.05) is 20.1 Å². The lowest BCUT2D eigenvalue weighted by atomic mass is 9.77. The van der Waals surface area contributed by atoms with Crippen LogP contribution < -0.4 is 4.74 Å². The molecule has 0 amide bonds. The molecule has 1 aliphatic rings. The summed E-state index contributed by atoms with van der Waals surface area (Å²) < 4.78 is 5.64. The lowest BCUT2D eigenvalue weighted by Crippen LogP contribution is -2.53. The van der Waals surface area contributed by atoms with Gasteiger partial charge in [0.25, 0.3) is 0 Å². The first-order valence-electron chi connectivity index (χ1n) is 8.99. The lowest BCUT2D eigenvalue weighted by Gasteiger charge is -2.45. The van der Waals surface area contributed by atoms with Crippen LogP contribution in [0.4, 0.5) is 0 Å². The molecule has 134 valence electrons. The van der Waals surface area contributed by atoms with Crippen LogP contribution in [0.2, 0.25) is 0 Å². The van der Waals surface area contributed by atoms with Crippen LogP contribution in [0.3, 0.4) is 0 Å². The fourth-order valence-electron chi connectivity index (χ4n) is 3.33. The average molecular weight is 332 g/mol. The number of benzene rings is 1. The zero-order chi connectivity index (χ0) is 17.7. The highest BCUT2D eigenvalue weighted by molar-refractivity contribution is 5.79. The Bertz CT molecular complexity index is 541. The number of aliphatic imine (C=N–C) groups is 1. The molecule has 4 nitrogen and oxygen atoms in total. The fourth-order valence-corrected chi connectivity index (χ4v) is 3.33. The molecular formula is C20H32N2O2. The van der Waals surface area contributed by atoms with Crippen molar-refractivity contribution in [1.82, 2.24) is 4.90 Å². The molecule has 0 aromatic heterocycles. The Morgan fingerprint density at radius 2 is 2.00 bits per heavy atom. The zero-order valence-electron chi connectivity index (χ0n) is 15.7. The van der Waals surface area contributed by atoms with Crippen LogP contribution in [-0.4, -0.2) is 54.1 Å². The Kier molecular flexibility index (Phi) is 6.41. The molecule has 24 heavy (non-hydrogen) atoms. The predicted octanol–water partition coefficient (Wildman–Crippen LogP) is 3.37. The molecule has 3 atom stereocenters. The van der Waals surface area contributed by atoms with Gasteiger partial charge in [0.1, 0.15) is 5.75 Å². The summed E-state index contributed by atoms with van der Waals surface area (Å²) in [4.78, 5) is 6.83. The molecule has 1 saturated heterocycles. The maximum Gasteiger partial charge on any atom is 0.119 e. The van der Waals surface area contributed by atoms with Gasteiger partial charge in [-0.25, -0.2) is 0 Å². The van der Waals surface area contributed by atoms with Crippen LogP contribution in [-0.2, 0) is 0 Å². The van der Waals surface area contributed by atoms with Gasteiger partial charge in [-0.3, -0.25) is 4.99 Å². The minimum atomic E-state index is -0.599. The van der Waals surface area contributed by atoms with E-state index in [-0.39, 0.29) is 12.0 Å². The zero-order valence-corrected chi connectivity index (χ0v) is 15.7. The second-order valence-electron chi connectivity index (χ2n) is 7.52. The van der Waals surface area contributed by atoms with Gasteiger partial charge in [-0.2, -0.15) is 0 Å². The van der Waals surface area contributed by atoms with Gasteiger partial charge in [-0.1, -0.05) is 6.92 Å². The van der Waals surface area contributed by atoms with Gasteiger partial charge in [-0.05, 0) is 76.4 Å². The Hall–Kier alpha value is -1.39. The minimum absolute atomic E-state index is 0.184. The maximum absolute atomic E-state index is 10.9. The third kappa shape index (κ3) is 5.05. The van der Waals surface area contributed by atoms with Crippen molar-refractivity contribution < 1.29 is 9.84 Å². The Morgan fingerprint density at radius 1 is 1.33 bits per heavy atom. The molecule has 1 heterocycles. The van der Waals surface area contributed by atoms with E-state index in [0.717, 1.165) is 30.7 Å². The lowest BCUT2D eigenvalue weighted by molar-refractivity contribution is -0.0818. The van der Waals surface area contributed by atoms with Crippen LogP contribution in [0, 0.1) is 5.92 Å². The van der Waals surface area contributed by atoms with Gasteiger partial charge < -0.3 is 14.7 Å². The van der Waals surface area contributed by atoms with Crippen molar-refractivity contribution >= 4 is 6.21 Å². The highest BCUT2D eigenvalue weighted by atomic mass is 16.5. The third-order valence-electron chi connectivity index (χ3n) is 5.05. The number of hydrogen-bond acceptors (Lipinski definition) is 4. The van der Waals surface area contributed by atoms with E-state index in [4.69, 9.17) is 4.74 Å². The Morgan fingerprint density at radius 3 is 2.62 bits per heavy atom. The molecule has 0 spiro atoms. The standard InChI is InChI=1S/C20H32N2O2/c1-15(2)24-19-8-6-18(7-9-19)13-21-11-10-20(23)12-17(4)22(5)14-16(20)3/h6-9,13,15-17,23H,10-12,14H2,1-5H3/t16-,17+,20+/m1/s1. The molecule has 1 aromatic rings. The van der Waals surface area contributed by atoms with E-state index in [9.17, 15) is 5.11 Å². The highest BCUT2D eigenvalue weighted by Crippen LogP contribution is 2.33. The fraction of sp³-hybridized carbons (Fsp3) is 0.650. The largest absolute Gasteiger partial charge is 0.491 e. The normalized spacial score (nSPS) is 28.6. The van der Waals surface area contributed by atoms with Crippen molar-refractivity contribution in [2.24, 2.45) is 10.9 Å². The van der Waals surface area contributed by atoms with Gasteiger partial charge in [-0.15, -0.1) is 0 Å². The first-order chi connectivity index (χ1) is 11.3. The highest BCUT2D eigenvalue weighted by Gasteiger charge is 2.40. The first kappa shape index (κ1) is 18.9. The van der Waals surface area contributed by atoms with Gasteiger partial charge in [0.2, 0.25) is 0 Å². The first-order valence-corrected chi connectivity index (χ1v) is 8.99. The topological polar surface area (TPSA) is 45.1 Å². The molecule has 2 rings (SSSR count). The summed E-state index contributed by atoms with van der Waals surface area (Å²) in [6.45, 7) is 9.95. The van der Waals surface area contributed by atoms with E-state index in [2.05, 4.69) is 30.8 Å². The third-order valence-corrected chi connectivity index (χ3v) is 5.05. The monoisotopic (exact) mass is 332 g/mol. The van der Waals surface area contributed by atoms with Crippen molar-refractivity contribution in [3.63, 3.8) is 0 Å². The quantitative estimate of drug-likeness (QED) is 0.812. The average Bonchev–Trinajstić information content (AvgIpc) is 2.51. The van der Waals surface area contributed by atoms with Crippen molar-refractivity contribution in [3.05, 3.63) is 29.8 Å². The number of hydrogen-bond donors (Lipinski definition) is 1. The molecule has 0 saturated carbocycles. The van der Waals surface area contributed by atoms with Crippen molar-refractivity contribution in [2.45, 2.75) is 58.3 Å². The second-order valence-corrected chi connectivity index (χ2v) is 7.52. The number of likely N-dealkylation sites (tertiary alicyclic amines) is 1. The summed E-state index contributed by atoms with van der Waals surface area (Å²) in [5.41, 5.74) is 0.459. The van der Waals surface area contributed by atoms with Gasteiger partial charge in [0.05, 0.1) is 11.7 Å². The smallest absolute Gasteiger partial charge is 0.119 e. The predicted molar refractivity (Wildman–Crippen MR) is 100 cm³/mol. The molecule has 0 bridgehead atoms. The summed E-state index contributed by atoms with van der Waals surface area (Å²) in [5, 5.41) is 10.9. The van der Waals surface area contributed by atoms with E-state index in [1.165, 1.54) is 0 Å². The molecule has 4 heteroatoms. The molecular weight excluding hydrogens is 300 g/mol. The molecule has 1 aromatic carbocycles. The number of nitrogens with zero attached hydrogens (tertiary/aromatic N) is 2. The Labute approximate surface area is 146 Å². The van der Waals surface area contributed by atoms with Crippen LogP contribution >= 0.6 is 0 Å².